The van der Waals surface area contributed by atoms with Crippen molar-refractivity contribution in [3.8, 4) is 10.6 Å². The quantitative estimate of drug-likeness (QED) is 0.650. The van der Waals surface area contributed by atoms with Crippen molar-refractivity contribution in [1.29, 1.82) is 0 Å². The molecule has 0 radical (unpaired) electrons. The average molecular weight is 406 g/mol. The molecule has 5 nitrogen and oxygen atoms in total. The van der Waals surface area contributed by atoms with Crippen LogP contribution in [0.4, 0.5) is 5.69 Å². The molecule has 8 heteroatoms. The lowest BCUT2D eigenvalue weighted by molar-refractivity contribution is 0.520. The number of fused-ring (bicyclic) bond motifs is 1. The van der Waals surface area contributed by atoms with Gasteiger partial charge in [-0.2, -0.15) is 11.3 Å². The minimum absolute atomic E-state index is 0.358. The number of aromatic nitrogens is 1. The van der Waals surface area contributed by atoms with Gasteiger partial charge in [0.25, 0.3) is 0 Å². The maximum absolute atomic E-state index is 12.3. The third-order valence-electron chi connectivity index (χ3n) is 4.49. The predicted molar refractivity (Wildman–Crippen MR) is 107 cm³/mol. The summed E-state index contributed by atoms with van der Waals surface area (Å²) in [5.74, 6) is 0. The van der Waals surface area contributed by atoms with Crippen LogP contribution in [-0.4, -0.2) is 38.3 Å². The maximum atomic E-state index is 12.3. The number of sulfonamides is 1. The summed E-state index contributed by atoms with van der Waals surface area (Å²) in [7, 11) is -0.276. The predicted octanol–water partition coefficient (Wildman–Crippen LogP) is 3.68. The van der Waals surface area contributed by atoms with Crippen molar-refractivity contribution in [3.63, 3.8) is 0 Å². The van der Waals surface area contributed by atoms with Crippen LogP contribution in [0.1, 0.15) is 11.3 Å². The molecule has 0 aliphatic carbocycles. The standard InChI is InChI=1S/C18H19N3O2S3/c1-20(2)26(22,23)16-3-4-17-13(9-16)5-7-21(17)10-15-12-25-18(19-15)14-6-8-24-11-14/h3-4,6,8-9,11-12H,5,7,10H2,1-2H3. The largest absolute Gasteiger partial charge is 0.365 e. The second-order valence-electron chi connectivity index (χ2n) is 6.41. The van der Waals surface area contributed by atoms with Crippen LogP contribution in [0.3, 0.4) is 0 Å². The first-order chi connectivity index (χ1) is 12.4. The van der Waals surface area contributed by atoms with Gasteiger partial charge in [0, 0.05) is 42.7 Å². The molecular formula is C18H19N3O2S3. The molecule has 0 saturated carbocycles. The Morgan fingerprint density at radius 2 is 2.08 bits per heavy atom. The highest BCUT2D eigenvalue weighted by atomic mass is 32.2. The van der Waals surface area contributed by atoms with E-state index < -0.39 is 10.0 Å². The minimum atomic E-state index is -3.39. The first-order valence-corrected chi connectivity index (χ1v) is 11.5. The number of thiophene rings is 1. The molecule has 1 aromatic carbocycles. The van der Waals surface area contributed by atoms with Gasteiger partial charge in [-0.1, -0.05) is 0 Å². The molecule has 0 atom stereocenters. The minimum Gasteiger partial charge on any atom is -0.365 e. The molecule has 0 bridgehead atoms. The second-order valence-corrected chi connectivity index (χ2v) is 10.2. The normalized spacial score (nSPS) is 14.2. The van der Waals surface area contributed by atoms with Crippen molar-refractivity contribution in [1.82, 2.24) is 9.29 Å². The highest BCUT2D eigenvalue weighted by Crippen LogP contribution is 2.33. The van der Waals surface area contributed by atoms with Gasteiger partial charge >= 0.3 is 0 Å². The van der Waals surface area contributed by atoms with E-state index in [1.54, 1.807) is 42.8 Å². The fourth-order valence-corrected chi connectivity index (χ4v) is 5.55. The number of hydrogen-bond acceptors (Lipinski definition) is 6. The van der Waals surface area contributed by atoms with Crippen LogP contribution in [0.5, 0.6) is 0 Å². The summed E-state index contributed by atoms with van der Waals surface area (Å²) >= 11 is 3.34. The molecule has 0 N–H and O–H groups in total. The number of anilines is 1. The van der Waals surface area contributed by atoms with E-state index in [0.29, 0.717) is 4.90 Å². The molecule has 0 unspecified atom stereocenters. The Bertz CT molecular complexity index is 1020. The number of thiazole rings is 1. The summed E-state index contributed by atoms with van der Waals surface area (Å²) in [5, 5.41) is 7.33. The summed E-state index contributed by atoms with van der Waals surface area (Å²) in [6, 6.07) is 7.52. The Balaban J connectivity index is 1.55. The Kier molecular flexibility index (Phi) is 4.60. The molecule has 0 fully saturated rings. The van der Waals surface area contributed by atoms with Crippen LogP contribution in [0.2, 0.25) is 0 Å². The molecule has 3 heterocycles. The first kappa shape index (κ1) is 17.7. The summed E-state index contributed by atoms with van der Waals surface area (Å²) in [4.78, 5) is 7.38. The van der Waals surface area contributed by atoms with E-state index in [-0.39, 0.29) is 0 Å². The lowest BCUT2D eigenvalue weighted by Gasteiger charge is -2.19. The third-order valence-corrected chi connectivity index (χ3v) is 7.93. The number of rotatable bonds is 5. The zero-order chi connectivity index (χ0) is 18.3. The number of nitrogens with zero attached hydrogens (tertiary/aromatic N) is 3. The molecule has 4 rings (SSSR count). The van der Waals surface area contributed by atoms with Gasteiger partial charge in [0.2, 0.25) is 10.0 Å². The van der Waals surface area contributed by atoms with Gasteiger partial charge in [0.1, 0.15) is 5.01 Å². The molecule has 2 aromatic heterocycles. The monoisotopic (exact) mass is 405 g/mol. The fourth-order valence-electron chi connectivity index (χ4n) is 3.08. The van der Waals surface area contributed by atoms with Gasteiger partial charge in [-0.25, -0.2) is 17.7 Å². The van der Waals surface area contributed by atoms with Crippen molar-refractivity contribution < 1.29 is 8.42 Å². The molecule has 0 amide bonds. The Morgan fingerprint density at radius 3 is 2.81 bits per heavy atom. The SMILES string of the molecule is CN(C)S(=O)(=O)c1ccc2c(c1)CCN2Cc1csc(-c2ccsc2)n1. The van der Waals surface area contributed by atoms with Crippen molar-refractivity contribution in [2.24, 2.45) is 0 Å². The fraction of sp³-hybridized carbons (Fsp3) is 0.278. The lowest BCUT2D eigenvalue weighted by atomic mass is 10.2. The van der Waals surface area contributed by atoms with Crippen LogP contribution in [0.25, 0.3) is 10.6 Å². The topological polar surface area (TPSA) is 53.5 Å². The van der Waals surface area contributed by atoms with E-state index >= 15 is 0 Å². The van der Waals surface area contributed by atoms with E-state index in [2.05, 4.69) is 27.1 Å². The molecule has 0 saturated heterocycles. The van der Waals surface area contributed by atoms with Gasteiger partial charge in [0.15, 0.2) is 0 Å². The molecule has 136 valence electrons. The summed E-state index contributed by atoms with van der Waals surface area (Å²) < 4.78 is 25.9. The summed E-state index contributed by atoms with van der Waals surface area (Å²) in [6.45, 7) is 1.62. The lowest BCUT2D eigenvalue weighted by Crippen LogP contribution is -2.22. The van der Waals surface area contributed by atoms with E-state index in [9.17, 15) is 8.42 Å². The molecular weight excluding hydrogens is 386 g/mol. The number of hydrogen-bond donors (Lipinski definition) is 0. The van der Waals surface area contributed by atoms with Crippen molar-refractivity contribution in [2.75, 3.05) is 25.5 Å². The summed E-state index contributed by atoms with van der Waals surface area (Å²) in [6.07, 6.45) is 0.855. The van der Waals surface area contributed by atoms with Gasteiger partial charge in [-0.05, 0) is 41.6 Å². The van der Waals surface area contributed by atoms with Gasteiger partial charge in [0.05, 0.1) is 17.1 Å². The third kappa shape index (κ3) is 3.18. The Morgan fingerprint density at radius 1 is 1.23 bits per heavy atom. The molecule has 1 aliphatic heterocycles. The molecule has 0 spiro atoms. The zero-order valence-corrected chi connectivity index (χ0v) is 17.0. The molecule has 3 aromatic rings. The molecule has 26 heavy (non-hydrogen) atoms. The second kappa shape index (κ2) is 6.77. The van der Waals surface area contributed by atoms with E-state index in [4.69, 9.17) is 4.98 Å². The van der Waals surface area contributed by atoms with Crippen molar-refractivity contribution in [3.05, 3.63) is 51.7 Å². The highest BCUT2D eigenvalue weighted by Gasteiger charge is 2.24. The van der Waals surface area contributed by atoms with Crippen molar-refractivity contribution in [2.45, 2.75) is 17.9 Å². The van der Waals surface area contributed by atoms with Gasteiger partial charge < -0.3 is 4.90 Å². The van der Waals surface area contributed by atoms with E-state index in [1.807, 2.05) is 12.1 Å². The van der Waals surface area contributed by atoms with Gasteiger partial charge in [-0.3, -0.25) is 0 Å². The van der Waals surface area contributed by atoms with Crippen molar-refractivity contribution >= 4 is 38.4 Å². The highest BCUT2D eigenvalue weighted by molar-refractivity contribution is 7.89. The molecule has 1 aliphatic rings. The van der Waals surface area contributed by atoms with E-state index in [0.717, 1.165) is 41.5 Å². The Hall–Kier alpha value is -1.74. The summed E-state index contributed by atoms with van der Waals surface area (Å²) in [5.41, 5.74) is 4.41. The number of benzene rings is 1. The van der Waals surface area contributed by atoms with Crippen LogP contribution >= 0.6 is 22.7 Å². The van der Waals surface area contributed by atoms with Crippen LogP contribution < -0.4 is 4.90 Å². The van der Waals surface area contributed by atoms with Crippen LogP contribution in [-0.2, 0) is 23.0 Å². The van der Waals surface area contributed by atoms with Gasteiger partial charge in [-0.15, -0.1) is 11.3 Å². The Labute approximate surface area is 161 Å². The maximum Gasteiger partial charge on any atom is 0.242 e. The first-order valence-electron chi connectivity index (χ1n) is 8.22. The zero-order valence-electron chi connectivity index (χ0n) is 14.5. The smallest absolute Gasteiger partial charge is 0.242 e. The van der Waals surface area contributed by atoms with Crippen LogP contribution in [0, 0.1) is 0 Å². The van der Waals surface area contributed by atoms with E-state index in [1.165, 1.54) is 9.87 Å². The average Bonchev–Trinajstić information content (AvgIpc) is 3.35. The van der Waals surface area contributed by atoms with Crippen LogP contribution in [0.15, 0.2) is 45.3 Å².